The van der Waals surface area contributed by atoms with E-state index in [4.69, 9.17) is 0 Å². The van der Waals surface area contributed by atoms with Crippen LogP contribution in [0.1, 0.15) is 63.0 Å². The molecule has 1 fully saturated rings. The van der Waals surface area contributed by atoms with E-state index in [9.17, 15) is 9.59 Å². The summed E-state index contributed by atoms with van der Waals surface area (Å²) in [5, 5.41) is 7.87. The highest BCUT2D eigenvalue weighted by Crippen LogP contribution is 2.19. The van der Waals surface area contributed by atoms with Crippen LogP contribution in [-0.4, -0.2) is 30.4 Å². The number of nitrogens with one attached hydrogen (secondary N) is 2. The second kappa shape index (κ2) is 10.3. The van der Waals surface area contributed by atoms with Crippen LogP contribution in [0, 0.1) is 13.8 Å². The number of carbonyl (C=O) groups is 2. The number of rotatable bonds is 6. The number of quaternary nitrogens is 1. The van der Waals surface area contributed by atoms with Gasteiger partial charge in [-0.15, -0.1) is 0 Å². The third-order valence-corrected chi connectivity index (χ3v) is 5.29. The first-order valence-corrected chi connectivity index (χ1v) is 9.96. The Morgan fingerprint density at radius 2 is 1.65 bits per heavy atom. The Hall–Kier alpha value is -1.88. The van der Waals surface area contributed by atoms with Gasteiger partial charge < -0.3 is 16.0 Å². The quantitative estimate of drug-likeness (QED) is 0.729. The average molecular weight is 361 g/mol. The van der Waals surface area contributed by atoms with Crippen LogP contribution in [0.25, 0.3) is 0 Å². The molecule has 0 saturated heterocycles. The van der Waals surface area contributed by atoms with Crippen LogP contribution in [0.5, 0.6) is 0 Å². The molecule has 5 nitrogen and oxygen atoms in total. The summed E-state index contributed by atoms with van der Waals surface area (Å²) in [6.07, 6.45) is 8.85. The molecule has 1 aromatic rings. The lowest BCUT2D eigenvalue weighted by molar-refractivity contribution is -0.708. The maximum Gasteiger partial charge on any atom is 0.278 e. The van der Waals surface area contributed by atoms with Crippen molar-refractivity contribution in [1.29, 1.82) is 0 Å². The van der Waals surface area contributed by atoms with Crippen molar-refractivity contribution < 1.29 is 14.9 Å². The highest BCUT2D eigenvalue weighted by molar-refractivity contribution is 5.96. The molecular weight excluding hydrogens is 326 g/mol. The fourth-order valence-electron chi connectivity index (χ4n) is 3.70. The number of para-hydroxylation sites is 1. The van der Waals surface area contributed by atoms with Crippen molar-refractivity contribution >= 4 is 17.5 Å². The van der Waals surface area contributed by atoms with Crippen molar-refractivity contribution in [2.45, 2.75) is 77.8 Å². The minimum absolute atomic E-state index is 0.00938. The van der Waals surface area contributed by atoms with Crippen molar-refractivity contribution in [3.05, 3.63) is 29.3 Å². The number of nitrogens with two attached hydrogens (primary N) is 1. The molecule has 0 heterocycles. The monoisotopic (exact) mass is 360 g/mol. The van der Waals surface area contributed by atoms with E-state index >= 15 is 0 Å². The molecule has 1 saturated carbocycles. The first-order valence-electron chi connectivity index (χ1n) is 9.96. The normalized spacial score (nSPS) is 17.0. The van der Waals surface area contributed by atoms with Gasteiger partial charge in [-0.05, 0) is 57.6 Å². The lowest BCUT2D eigenvalue weighted by atomic mass is 9.96. The van der Waals surface area contributed by atoms with Gasteiger partial charge in [0.25, 0.3) is 5.91 Å². The van der Waals surface area contributed by atoms with Gasteiger partial charge in [-0.3, -0.25) is 9.59 Å². The third kappa shape index (κ3) is 6.45. The van der Waals surface area contributed by atoms with Gasteiger partial charge in [0.05, 0.1) is 12.6 Å². The van der Waals surface area contributed by atoms with Crippen molar-refractivity contribution in [1.82, 2.24) is 5.32 Å². The highest BCUT2D eigenvalue weighted by Gasteiger charge is 2.22. The molecule has 0 bridgehead atoms. The zero-order chi connectivity index (χ0) is 18.9. The number of amides is 2. The predicted molar refractivity (Wildman–Crippen MR) is 105 cm³/mol. The van der Waals surface area contributed by atoms with E-state index in [0.29, 0.717) is 6.04 Å². The predicted octanol–water partition coefficient (Wildman–Crippen LogP) is 2.42. The molecule has 0 unspecified atom stereocenters. The number of benzene rings is 1. The Balaban J connectivity index is 1.76. The second-order valence-corrected chi connectivity index (χ2v) is 7.62. The number of hydrogen-bond acceptors (Lipinski definition) is 2. The SMILES string of the molecule is Cc1cccc(C)c1NC(=O)CNC(=O)[C@H](C)[NH2+]C1CCCCCCC1. The highest BCUT2D eigenvalue weighted by atomic mass is 16.2. The summed E-state index contributed by atoms with van der Waals surface area (Å²) >= 11 is 0. The van der Waals surface area contributed by atoms with Crippen LogP contribution in [0.3, 0.4) is 0 Å². The molecular formula is C21H34N3O2+. The first-order chi connectivity index (χ1) is 12.5. The van der Waals surface area contributed by atoms with Crippen LogP contribution in [0.15, 0.2) is 18.2 Å². The van der Waals surface area contributed by atoms with Gasteiger partial charge in [0.1, 0.15) is 0 Å². The van der Waals surface area contributed by atoms with Gasteiger partial charge in [-0.25, -0.2) is 0 Å². The zero-order valence-electron chi connectivity index (χ0n) is 16.4. The van der Waals surface area contributed by atoms with Crippen LogP contribution >= 0.6 is 0 Å². The van der Waals surface area contributed by atoms with Gasteiger partial charge in [0.15, 0.2) is 6.04 Å². The standard InChI is InChI=1S/C21H33N3O2/c1-15-10-9-11-16(2)20(15)24-19(25)14-22-21(26)17(3)23-18-12-7-5-4-6-8-13-18/h9-11,17-18,23H,4-8,12-14H2,1-3H3,(H,22,26)(H,24,25)/p+1/t17-/m0/s1. The number of carbonyl (C=O) groups excluding carboxylic acids is 2. The molecule has 0 spiro atoms. The van der Waals surface area contributed by atoms with Crippen molar-refractivity contribution in [3.63, 3.8) is 0 Å². The number of hydrogen-bond donors (Lipinski definition) is 3. The largest absolute Gasteiger partial charge is 0.342 e. The second-order valence-electron chi connectivity index (χ2n) is 7.62. The summed E-state index contributed by atoms with van der Waals surface area (Å²) in [7, 11) is 0. The molecule has 26 heavy (non-hydrogen) atoms. The summed E-state index contributed by atoms with van der Waals surface area (Å²) in [4.78, 5) is 24.5. The maximum absolute atomic E-state index is 12.3. The van der Waals surface area contributed by atoms with E-state index in [-0.39, 0.29) is 24.4 Å². The molecule has 1 atom stereocenters. The van der Waals surface area contributed by atoms with Crippen molar-refractivity contribution in [2.75, 3.05) is 11.9 Å². The van der Waals surface area contributed by atoms with E-state index < -0.39 is 0 Å². The summed E-state index contributed by atoms with van der Waals surface area (Å²) in [5.74, 6) is -0.252. The van der Waals surface area contributed by atoms with Crippen molar-refractivity contribution in [2.24, 2.45) is 0 Å². The van der Waals surface area contributed by atoms with Gasteiger partial charge in [0, 0.05) is 5.69 Å². The topological polar surface area (TPSA) is 74.8 Å². The number of anilines is 1. The van der Waals surface area contributed by atoms with Crippen LogP contribution < -0.4 is 16.0 Å². The molecule has 1 aliphatic carbocycles. The van der Waals surface area contributed by atoms with Crippen LogP contribution in [-0.2, 0) is 9.59 Å². The summed E-state index contributed by atoms with van der Waals surface area (Å²) in [5.41, 5.74) is 2.88. The Morgan fingerprint density at radius 3 is 2.27 bits per heavy atom. The zero-order valence-corrected chi connectivity index (χ0v) is 16.4. The van der Waals surface area contributed by atoms with Gasteiger partial charge >= 0.3 is 0 Å². The van der Waals surface area contributed by atoms with Crippen molar-refractivity contribution in [3.8, 4) is 0 Å². The fraction of sp³-hybridized carbons (Fsp3) is 0.619. The maximum atomic E-state index is 12.3. The Labute approximate surface area is 157 Å². The minimum atomic E-state index is -0.186. The lowest BCUT2D eigenvalue weighted by Crippen LogP contribution is -2.96. The third-order valence-electron chi connectivity index (χ3n) is 5.29. The molecule has 2 amide bonds. The van der Waals surface area contributed by atoms with E-state index in [1.807, 2.05) is 39.0 Å². The van der Waals surface area contributed by atoms with E-state index in [1.54, 1.807) is 0 Å². The number of aryl methyl sites for hydroxylation is 2. The minimum Gasteiger partial charge on any atom is -0.342 e. The average Bonchev–Trinajstić information content (AvgIpc) is 2.58. The molecule has 144 valence electrons. The van der Waals surface area contributed by atoms with E-state index in [1.165, 1.54) is 44.9 Å². The molecule has 0 radical (unpaired) electrons. The fourth-order valence-corrected chi connectivity index (χ4v) is 3.70. The molecule has 0 aliphatic heterocycles. The summed E-state index contributed by atoms with van der Waals surface area (Å²) in [6.45, 7) is 5.87. The lowest BCUT2D eigenvalue weighted by Gasteiger charge is -2.21. The van der Waals surface area contributed by atoms with Crippen LogP contribution in [0.4, 0.5) is 5.69 Å². The molecule has 2 rings (SSSR count). The van der Waals surface area contributed by atoms with E-state index in [0.717, 1.165) is 16.8 Å². The first kappa shape index (κ1) is 20.4. The molecule has 5 heteroatoms. The van der Waals surface area contributed by atoms with Gasteiger partial charge in [0.2, 0.25) is 5.91 Å². The van der Waals surface area contributed by atoms with Gasteiger partial charge in [-0.2, -0.15) is 0 Å². The Morgan fingerprint density at radius 1 is 1.08 bits per heavy atom. The summed E-state index contributed by atoms with van der Waals surface area (Å²) in [6, 6.07) is 6.27. The summed E-state index contributed by atoms with van der Waals surface area (Å²) < 4.78 is 0. The molecule has 1 aliphatic rings. The molecule has 1 aromatic carbocycles. The molecule has 0 aromatic heterocycles. The Bertz CT molecular complexity index is 587. The smallest absolute Gasteiger partial charge is 0.278 e. The van der Waals surface area contributed by atoms with Crippen LogP contribution in [0.2, 0.25) is 0 Å². The van der Waals surface area contributed by atoms with Gasteiger partial charge in [-0.1, -0.05) is 37.5 Å². The molecule has 4 N–H and O–H groups in total. The Kier molecular flexibility index (Phi) is 8.10. The van der Waals surface area contributed by atoms with E-state index in [2.05, 4.69) is 16.0 Å².